The first-order valence-corrected chi connectivity index (χ1v) is 8.78. The van der Waals surface area contributed by atoms with Crippen molar-refractivity contribution in [3.05, 3.63) is 53.2 Å². The van der Waals surface area contributed by atoms with E-state index in [0.717, 1.165) is 11.1 Å². The molecule has 0 aliphatic carbocycles. The van der Waals surface area contributed by atoms with Crippen molar-refractivity contribution in [1.29, 1.82) is 0 Å². The number of amides is 1. The van der Waals surface area contributed by atoms with Crippen molar-refractivity contribution in [2.24, 2.45) is 0 Å². The molecule has 0 unspecified atom stereocenters. The van der Waals surface area contributed by atoms with E-state index in [2.05, 4.69) is 15.3 Å². The summed E-state index contributed by atoms with van der Waals surface area (Å²) in [5.41, 5.74) is 4.32. The fourth-order valence-electron chi connectivity index (χ4n) is 2.64. The summed E-state index contributed by atoms with van der Waals surface area (Å²) in [7, 11) is 1.58. The Kier molecular flexibility index (Phi) is 5.26. The van der Waals surface area contributed by atoms with Gasteiger partial charge in [0, 0.05) is 11.8 Å². The molecule has 0 saturated carbocycles. The third-order valence-corrected chi connectivity index (χ3v) is 4.14. The number of rotatable bonds is 5. The smallest absolute Gasteiger partial charge is 0.279 e. The van der Waals surface area contributed by atoms with Gasteiger partial charge in [0.1, 0.15) is 5.75 Å². The molecule has 2 aromatic carbocycles. The summed E-state index contributed by atoms with van der Waals surface area (Å²) in [5.74, 6) is 0.495. The maximum absolute atomic E-state index is 12.9. The molecule has 0 bridgehead atoms. The van der Waals surface area contributed by atoms with Crippen molar-refractivity contribution in [2.75, 3.05) is 12.4 Å². The molecule has 6 heteroatoms. The van der Waals surface area contributed by atoms with Crippen LogP contribution in [0.1, 0.15) is 35.5 Å². The zero-order valence-corrected chi connectivity index (χ0v) is 16.2. The van der Waals surface area contributed by atoms with E-state index in [0.29, 0.717) is 22.5 Å². The Morgan fingerprint density at radius 3 is 2.33 bits per heavy atom. The second-order valence-electron chi connectivity index (χ2n) is 6.66. The molecule has 1 aromatic heterocycles. The van der Waals surface area contributed by atoms with Crippen molar-refractivity contribution in [2.45, 2.75) is 33.8 Å². The van der Waals surface area contributed by atoms with Gasteiger partial charge in [-0.05, 0) is 63.1 Å². The van der Waals surface area contributed by atoms with E-state index in [1.807, 2.05) is 45.9 Å². The Morgan fingerprint density at radius 2 is 1.70 bits per heavy atom. The van der Waals surface area contributed by atoms with Gasteiger partial charge in [-0.2, -0.15) is 0 Å². The summed E-state index contributed by atoms with van der Waals surface area (Å²) >= 11 is 0. The topological polar surface area (TPSA) is 73.3 Å². The van der Waals surface area contributed by atoms with Gasteiger partial charge < -0.3 is 14.8 Å². The highest BCUT2D eigenvalue weighted by molar-refractivity contribution is 6.05. The Hall–Kier alpha value is -3.15. The number of carbonyl (C=O) groups is 1. The van der Waals surface area contributed by atoms with Crippen LogP contribution >= 0.6 is 0 Å². The molecule has 0 radical (unpaired) electrons. The number of hydrogen-bond acceptors (Lipinski definition) is 5. The van der Waals surface area contributed by atoms with Gasteiger partial charge in [0.15, 0.2) is 5.69 Å². The Bertz CT molecular complexity index is 999. The van der Waals surface area contributed by atoms with Crippen LogP contribution in [0.25, 0.3) is 11.0 Å². The summed E-state index contributed by atoms with van der Waals surface area (Å²) in [6.45, 7) is 7.79. The number of aryl methyl sites for hydroxylation is 2. The number of carbonyl (C=O) groups excluding carboxylic acids is 1. The number of anilines is 1. The third kappa shape index (κ3) is 4.16. The second kappa shape index (κ2) is 7.61. The minimum absolute atomic E-state index is 0.133. The van der Waals surface area contributed by atoms with E-state index in [1.165, 1.54) is 0 Å². The number of nitrogens with one attached hydrogen (secondary N) is 1. The number of ether oxygens (including phenoxy) is 2. The minimum Gasteiger partial charge on any atom is -0.497 e. The quantitative estimate of drug-likeness (QED) is 0.730. The van der Waals surface area contributed by atoms with Gasteiger partial charge in [-0.25, -0.2) is 9.97 Å². The molecule has 140 valence electrons. The predicted octanol–water partition coefficient (Wildman–Crippen LogP) is 4.29. The highest BCUT2D eigenvalue weighted by Crippen LogP contribution is 2.24. The van der Waals surface area contributed by atoms with Crippen LogP contribution in [0.2, 0.25) is 0 Å². The van der Waals surface area contributed by atoms with Crippen molar-refractivity contribution in [3.8, 4) is 11.6 Å². The van der Waals surface area contributed by atoms with Crippen molar-refractivity contribution < 1.29 is 14.3 Å². The zero-order valence-electron chi connectivity index (χ0n) is 16.2. The number of hydrogen-bond donors (Lipinski definition) is 1. The van der Waals surface area contributed by atoms with Crippen LogP contribution in [0.5, 0.6) is 11.6 Å². The van der Waals surface area contributed by atoms with Crippen molar-refractivity contribution in [3.63, 3.8) is 0 Å². The first kappa shape index (κ1) is 18.6. The van der Waals surface area contributed by atoms with Crippen molar-refractivity contribution in [1.82, 2.24) is 9.97 Å². The van der Waals surface area contributed by atoms with E-state index in [1.54, 1.807) is 25.3 Å². The monoisotopic (exact) mass is 365 g/mol. The molecule has 3 aromatic rings. The molecule has 6 nitrogen and oxygen atoms in total. The number of methoxy groups -OCH3 is 1. The van der Waals surface area contributed by atoms with Gasteiger partial charge in [0.2, 0.25) is 5.88 Å². The van der Waals surface area contributed by atoms with E-state index in [-0.39, 0.29) is 23.6 Å². The average molecular weight is 365 g/mol. The fourth-order valence-corrected chi connectivity index (χ4v) is 2.64. The van der Waals surface area contributed by atoms with Gasteiger partial charge >= 0.3 is 0 Å². The number of benzene rings is 2. The average Bonchev–Trinajstić information content (AvgIpc) is 2.62. The van der Waals surface area contributed by atoms with Crippen molar-refractivity contribution >= 4 is 22.6 Å². The molecule has 0 atom stereocenters. The Balaban J connectivity index is 2.03. The molecule has 1 amide bonds. The molecule has 0 saturated heterocycles. The van der Waals surface area contributed by atoms with Crippen LogP contribution in [0.15, 0.2) is 36.4 Å². The van der Waals surface area contributed by atoms with Crippen LogP contribution in [-0.4, -0.2) is 29.1 Å². The summed E-state index contributed by atoms with van der Waals surface area (Å²) in [6.07, 6.45) is -0.133. The first-order chi connectivity index (χ1) is 12.9. The maximum Gasteiger partial charge on any atom is 0.279 e. The molecule has 0 fully saturated rings. The summed E-state index contributed by atoms with van der Waals surface area (Å²) in [6, 6.07) is 11.0. The van der Waals surface area contributed by atoms with Gasteiger partial charge in [0.05, 0.1) is 24.2 Å². The highest BCUT2D eigenvalue weighted by Gasteiger charge is 2.20. The number of fused-ring (bicyclic) bond motifs is 1. The normalized spacial score (nSPS) is 10.9. The van der Waals surface area contributed by atoms with E-state index >= 15 is 0 Å². The largest absolute Gasteiger partial charge is 0.497 e. The third-order valence-electron chi connectivity index (χ3n) is 4.14. The van der Waals surface area contributed by atoms with Gasteiger partial charge in [-0.3, -0.25) is 4.79 Å². The summed E-state index contributed by atoms with van der Waals surface area (Å²) in [5, 5.41) is 2.84. The molecule has 27 heavy (non-hydrogen) atoms. The van der Waals surface area contributed by atoms with Crippen LogP contribution in [0.3, 0.4) is 0 Å². The molecular formula is C21H23N3O3. The lowest BCUT2D eigenvalue weighted by Gasteiger charge is -2.14. The first-order valence-electron chi connectivity index (χ1n) is 8.78. The van der Waals surface area contributed by atoms with E-state index < -0.39 is 0 Å². The lowest BCUT2D eigenvalue weighted by molar-refractivity contribution is 0.101. The number of nitrogens with zero attached hydrogens (tertiary/aromatic N) is 2. The second-order valence-corrected chi connectivity index (χ2v) is 6.66. The zero-order chi connectivity index (χ0) is 19.6. The molecule has 3 rings (SSSR count). The molecule has 0 spiro atoms. The van der Waals surface area contributed by atoms with Crippen LogP contribution in [0, 0.1) is 13.8 Å². The molecule has 1 N–H and O–H groups in total. The van der Waals surface area contributed by atoms with Crippen LogP contribution in [0.4, 0.5) is 5.69 Å². The van der Waals surface area contributed by atoms with Gasteiger partial charge in [-0.15, -0.1) is 0 Å². The Labute approximate surface area is 158 Å². The minimum atomic E-state index is -0.383. The van der Waals surface area contributed by atoms with Gasteiger partial charge in [0.25, 0.3) is 5.91 Å². The Morgan fingerprint density at radius 1 is 1.04 bits per heavy atom. The van der Waals surface area contributed by atoms with E-state index in [4.69, 9.17) is 9.47 Å². The van der Waals surface area contributed by atoms with Crippen LogP contribution < -0.4 is 14.8 Å². The highest BCUT2D eigenvalue weighted by atomic mass is 16.5. The fraction of sp³-hybridized carbons (Fsp3) is 0.286. The lowest BCUT2D eigenvalue weighted by atomic mass is 10.1. The SMILES string of the molecule is COc1cccc(NC(=O)c2nc3cc(C)c(C)cc3nc2OC(C)C)c1. The molecule has 1 heterocycles. The lowest BCUT2D eigenvalue weighted by Crippen LogP contribution is -2.18. The predicted molar refractivity (Wildman–Crippen MR) is 106 cm³/mol. The molecular weight excluding hydrogens is 342 g/mol. The number of aromatic nitrogens is 2. The standard InChI is InChI=1S/C21H23N3O3/c1-12(2)27-21-19(20(25)22-15-7-6-8-16(11-15)26-5)23-17-9-13(3)14(4)10-18(17)24-21/h6-12H,1-5H3,(H,22,25). The summed E-state index contributed by atoms with van der Waals surface area (Å²) < 4.78 is 11.0. The van der Waals surface area contributed by atoms with Crippen LogP contribution in [-0.2, 0) is 0 Å². The maximum atomic E-state index is 12.9. The molecule has 0 aliphatic heterocycles. The van der Waals surface area contributed by atoms with Gasteiger partial charge in [-0.1, -0.05) is 6.07 Å². The summed E-state index contributed by atoms with van der Waals surface area (Å²) in [4.78, 5) is 22.0. The molecule has 0 aliphatic rings. The van der Waals surface area contributed by atoms with E-state index in [9.17, 15) is 4.79 Å².